The van der Waals surface area contributed by atoms with E-state index in [4.69, 9.17) is 19.9 Å². The first-order chi connectivity index (χ1) is 20.9. The maximum atomic E-state index is 14.9. The van der Waals surface area contributed by atoms with E-state index in [-0.39, 0.29) is 61.0 Å². The molecule has 0 spiro atoms. The Bertz CT molecular complexity index is 1560. The van der Waals surface area contributed by atoms with E-state index in [2.05, 4.69) is 15.3 Å². The van der Waals surface area contributed by atoms with E-state index in [1.54, 1.807) is 12.3 Å². The van der Waals surface area contributed by atoms with Crippen molar-refractivity contribution in [3.05, 3.63) is 71.4 Å². The highest BCUT2D eigenvalue weighted by molar-refractivity contribution is 7.90. The summed E-state index contributed by atoms with van der Waals surface area (Å²) in [6, 6.07) is 5.20. The zero-order chi connectivity index (χ0) is 32.0. The molecule has 1 aliphatic rings. The highest BCUT2D eigenvalue weighted by Crippen LogP contribution is 2.40. The van der Waals surface area contributed by atoms with Crippen LogP contribution in [0.25, 0.3) is 11.3 Å². The molecule has 0 radical (unpaired) electrons. The first-order valence-electron chi connectivity index (χ1n) is 14.0. The lowest BCUT2D eigenvalue weighted by atomic mass is 9.74. The standard InChI is InChI=1S/C30H35F3N4O6S/c1-17-12-18(13-24(34)29(17)43-10-11-44(3,39)40)20-6-7-35-16-26(20)37-30(38)25-5-4-21(31)28(36-25)27-22(32)14-19(15-23(27)33)42-9-8-41-2/h4-7,14-18,24,29H,8-13,34H2,1-3H3,(H,37,38)/t17-,18+,24+,29-/m0/s1. The summed E-state index contributed by atoms with van der Waals surface area (Å²) in [5.74, 6) is -4.29. The van der Waals surface area contributed by atoms with Crippen molar-refractivity contribution < 1.29 is 40.6 Å². The number of nitrogens with zero attached hydrogens (tertiary/aromatic N) is 2. The number of aromatic nitrogens is 2. The maximum Gasteiger partial charge on any atom is 0.274 e. The molecule has 1 aromatic carbocycles. The number of halogens is 3. The van der Waals surface area contributed by atoms with E-state index in [1.165, 1.54) is 13.3 Å². The predicted octanol–water partition coefficient (Wildman–Crippen LogP) is 4.11. The van der Waals surface area contributed by atoms with Gasteiger partial charge in [-0.3, -0.25) is 9.78 Å². The molecule has 0 aliphatic heterocycles. The summed E-state index contributed by atoms with van der Waals surface area (Å²) < 4.78 is 83.5. The molecule has 10 nitrogen and oxygen atoms in total. The molecule has 3 aromatic rings. The Morgan fingerprint density at radius 1 is 1.07 bits per heavy atom. The van der Waals surface area contributed by atoms with Crippen LogP contribution in [0.3, 0.4) is 0 Å². The fourth-order valence-corrected chi connectivity index (χ4v) is 5.74. The van der Waals surface area contributed by atoms with Crippen molar-refractivity contribution in [3.63, 3.8) is 0 Å². The zero-order valence-corrected chi connectivity index (χ0v) is 25.4. The molecular formula is C30H35F3N4O6S. The molecule has 2 aromatic heterocycles. The van der Waals surface area contributed by atoms with Crippen molar-refractivity contribution in [1.82, 2.24) is 9.97 Å². The SMILES string of the molecule is COCCOc1cc(F)c(-c2nc(C(=O)Nc3cnccc3[C@H]3C[C@@H](N)[C@@H](OCCS(C)(=O)=O)[C@@H](C)C3)ccc2F)c(F)c1. The van der Waals surface area contributed by atoms with Crippen LogP contribution in [0.1, 0.15) is 41.7 Å². The highest BCUT2D eigenvalue weighted by atomic mass is 32.2. The number of methoxy groups -OCH3 is 1. The topological polar surface area (TPSA) is 143 Å². The van der Waals surface area contributed by atoms with Crippen LogP contribution in [0.4, 0.5) is 18.9 Å². The summed E-state index contributed by atoms with van der Waals surface area (Å²) in [6.07, 6.45) is 5.01. The van der Waals surface area contributed by atoms with Crippen LogP contribution in [0.5, 0.6) is 5.75 Å². The zero-order valence-electron chi connectivity index (χ0n) is 24.6. The number of hydrogen-bond acceptors (Lipinski definition) is 9. The molecule has 0 saturated heterocycles. The van der Waals surface area contributed by atoms with Crippen molar-refractivity contribution in [3.8, 4) is 17.0 Å². The van der Waals surface area contributed by atoms with Crippen molar-refractivity contribution in [1.29, 1.82) is 0 Å². The predicted molar refractivity (Wildman–Crippen MR) is 158 cm³/mol. The van der Waals surface area contributed by atoms with Gasteiger partial charge in [-0.1, -0.05) is 6.92 Å². The molecule has 4 rings (SSSR count). The van der Waals surface area contributed by atoms with E-state index in [9.17, 15) is 26.4 Å². The number of nitrogens with one attached hydrogen (secondary N) is 1. The Kier molecular flexibility index (Phi) is 10.9. The molecule has 4 atom stereocenters. The molecule has 1 fully saturated rings. The minimum Gasteiger partial charge on any atom is -0.491 e. The number of hydrogen-bond donors (Lipinski definition) is 2. The van der Waals surface area contributed by atoms with Crippen LogP contribution >= 0.6 is 0 Å². The Hall–Kier alpha value is -3.59. The highest BCUT2D eigenvalue weighted by Gasteiger charge is 2.36. The molecule has 3 N–H and O–H groups in total. The van der Waals surface area contributed by atoms with Crippen LogP contribution in [-0.2, 0) is 19.3 Å². The normalized spacial score (nSPS) is 20.3. The number of anilines is 1. The van der Waals surface area contributed by atoms with Crippen LogP contribution in [0.2, 0.25) is 0 Å². The molecule has 14 heteroatoms. The lowest BCUT2D eigenvalue weighted by Crippen LogP contribution is -2.47. The average Bonchev–Trinajstić information content (AvgIpc) is 2.95. The summed E-state index contributed by atoms with van der Waals surface area (Å²) >= 11 is 0. The number of carbonyl (C=O) groups is 1. The van der Waals surface area contributed by atoms with Crippen LogP contribution in [0, 0.1) is 23.4 Å². The molecule has 44 heavy (non-hydrogen) atoms. The van der Waals surface area contributed by atoms with Crippen LogP contribution < -0.4 is 15.8 Å². The van der Waals surface area contributed by atoms with E-state index in [0.717, 1.165) is 36.1 Å². The third kappa shape index (κ3) is 8.31. The molecule has 0 unspecified atom stereocenters. The second-order valence-electron chi connectivity index (χ2n) is 10.8. The largest absolute Gasteiger partial charge is 0.491 e. The summed E-state index contributed by atoms with van der Waals surface area (Å²) in [7, 11) is -1.72. The first kappa shape index (κ1) is 33.3. The summed E-state index contributed by atoms with van der Waals surface area (Å²) in [5.41, 5.74) is 5.89. The lowest BCUT2D eigenvalue weighted by Gasteiger charge is -2.39. The number of ether oxygens (including phenoxy) is 3. The van der Waals surface area contributed by atoms with Crippen LogP contribution in [0.15, 0.2) is 42.7 Å². The van der Waals surface area contributed by atoms with Crippen molar-refractivity contribution in [2.75, 3.05) is 44.3 Å². The molecule has 1 amide bonds. The second kappa shape index (κ2) is 14.5. The van der Waals surface area contributed by atoms with Gasteiger partial charge < -0.3 is 25.3 Å². The fraction of sp³-hybridized carbons (Fsp3) is 0.433. The van der Waals surface area contributed by atoms with Gasteiger partial charge in [0.1, 0.15) is 51.0 Å². The van der Waals surface area contributed by atoms with E-state index in [1.807, 2.05) is 6.92 Å². The van der Waals surface area contributed by atoms with Gasteiger partial charge in [-0.05, 0) is 48.4 Å². The fourth-order valence-electron chi connectivity index (χ4n) is 5.34. The number of amides is 1. The molecule has 2 heterocycles. The number of pyridine rings is 2. The monoisotopic (exact) mass is 636 g/mol. The van der Waals surface area contributed by atoms with E-state index in [0.29, 0.717) is 18.5 Å². The lowest BCUT2D eigenvalue weighted by molar-refractivity contribution is -0.0152. The van der Waals surface area contributed by atoms with Gasteiger partial charge in [0.15, 0.2) is 0 Å². The molecule has 1 saturated carbocycles. The minimum absolute atomic E-state index is 0.0112. The number of carbonyl (C=O) groups excluding carboxylic acids is 1. The minimum atomic E-state index is -3.17. The molecule has 238 valence electrons. The van der Waals surface area contributed by atoms with Crippen LogP contribution in [-0.4, -0.2) is 75.4 Å². The summed E-state index contributed by atoms with van der Waals surface area (Å²) in [5, 5.41) is 2.74. The van der Waals surface area contributed by atoms with E-state index >= 15 is 0 Å². The number of nitrogens with two attached hydrogens (primary N) is 1. The van der Waals surface area contributed by atoms with Gasteiger partial charge in [0.25, 0.3) is 5.91 Å². The maximum absolute atomic E-state index is 14.9. The van der Waals surface area contributed by atoms with Gasteiger partial charge in [-0.2, -0.15) is 0 Å². The average molecular weight is 637 g/mol. The van der Waals surface area contributed by atoms with E-state index < -0.39 is 44.5 Å². The van der Waals surface area contributed by atoms with Gasteiger partial charge in [-0.15, -0.1) is 0 Å². The van der Waals surface area contributed by atoms with Crippen molar-refractivity contribution in [2.45, 2.75) is 37.8 Å². The number of rotatable bonds is 12. The van der Waals surface area contributed by atoms with Gasteiger partial charge in [0, 0.05) is 37.7 Å². The molecule has 1 aliphatic carbocycles. The molecular weight excluding hydrogens is 601 g/mol. The molecule has 0 bridgehead atoms. The van der Waals surface area contributed by atoms with Gasteiger partial charge >= 0.3 is 0 Å². The third-order valence-corrected chi connectivity index (χ3v) is 8.30. The Balaban J connectivity index is 1.51. The number of benzene rings is 1. The Labute approximate surface area is 254 Å². The summed E-state index contributed by atoms with van der Waals surface area (Å²) in [6.45, 7) is 2.27. The Morgan fingerprint density at radius 2 is 1.80 bits per heavy atom. The summed E-state index contributed by atoms with van der Waals surface area (Å²) in [4.78, 5) is 21.3. The van der Waals surface area contributed by atoms with Crippen molar-refractivity contribution >= 4 is 21.4 Å². The van der Waals surface area contributed by atoms with Gasteiger partial charge in [-0.25, -0.2) is 26.6 Å². The number of sulfone groups is 1. The smallest absolute Gasteiger partial charge is 0.274 e. The first-order valence-corrected chi connectivity index (χ1v) is 16.0. The Morgan fingerprint density at radius 3 is 2.45 bits per heavy atom. The van der Waals surface area contributed by atoms with Crippen molar-refractivity contribution in [2.24, 2.45) is 11.7 Å². The quantitative estimate of drug-likeness (QED) is 0.281. The van der Waals surface area contributed by atoms with Gasteiger partial charge in [0.05, 0.1) is 42.5 Å². The second-order valence-corrected chi connectivity index (χ2v) is 13.1. The van der Waals surface area contributed by atoms with Gasteiger partial charge in [0.2, 0.25) is 0 Å². The third-order valence-electron chi connectivity index (χ3n) is 7.39.